The van der Waals surface area contributed by atoms with Crippen LogP contribution in [0.3, 0.4) is 0 Å². The lowest BCUT2D eigenvalue weighted by Gasteiger charge is -2.02. The molecule has 1 fully saturated rings. The monoisotopic (exact) mass is 190 g/mol. The Bertz CT molecular complexity index is 316. The normalized spacial score (nSPS) is 16.7. The Kier molecular flexibility index (Phi) is 2.62. The standard InChI is InChI=1S/C10H14N4/c11-10(14-9-3-4-9)13-7-8-2-1-5-12-6-8/h1-2,5-6,9H,3-4,7H2,(H3,11,13,14). The molecule has 0 atom stereocenters. The van der Waals surface area contributed by atoms with Gasteiger partial charge in [0.1, 0.15) is 0 Å². The summed E-state index contributed by atoms with van der Waals surface area (Å²) in [5.74, 6) is 0.538. The number of rotatable bonds is 3. The van der Waals surface area contributed by atoms with Crippen LogP contribution in [-0.2, 0) is 6.54 Å². The van der Waals surface area contributed by atoms with Gasteiger partial charge >= 0.3 is 0 Å². The van der Waals surface area contributed by atoms with E-state index in [-0.39, 0.29) is 0 Å². The van der Waals surface area contributed by atoms with Crippen LogP contribution in [0.2, 0.25) is 0 Å². The van der Waals surface area contributed by atoms with E-state index in [1.807, 2.05) is 12.1 Å². The highest BCUT2D eigenvalue weighted by Gasteiger charge is 2.21. The first-order valence-corrected chi connectivity index (χ1v) is 4.80. The number of aromatic nitrogens is 1. The fourth-order valence-electron chi connectivity index (χ4n) is 1.15. The van der Waals surface area contributed by atoms with E-state index in [0.717, 1.165) is 5.56 Å². The lowest BCUT2D eigenvalue weighted by Crippen LogP contribution is -2.33. The first-order valence-electron chi connectivity index (χ1n) is 4.80. The highest BCUT2D eigenvalue weighted by molar-refractivity contribution is 5.78. The quantitative estimate of drug-likeness (QED) is 0.543. The number of nitrogens with one attached hydrogen (secondary N) is 1. The van der Waals surface area contributed by atoms with Crippen molar-refractivity contribution >= 4 is 5.96 Å². The van der Waals surface area contributed by atoms with Gasteiger partial charge in [0, 0.05) is 18.4 Å². The second-order valence-electron chi connectivity index (χ2n) is 3.48. The van der Waals surface area contributed by atoms with Crippen LogP contribution in [0.15, 0.2) is 29.5 Å². The third-order valence-electron chi connectivity index (χ3n) is 2.08. The predicted octanol–water partition coefficient (Wildman–Crippen LogP) is 0.648. The number of hydrogen-bond donors (Lipinski definition) is 2. The molecule has 1 heterocycles. The Morgan fingerprint density at radius 3 is 3.14 bits per heavy atom. The van der Waals surface area contributed by atoms with Crippen LogP contribution in [0.1, 0.15) is 18.4 Å². The maximum absolute atomic E-state index is 5.68. The van der Waals surface area contributed by atoms with Crippen LogP contribution >= 0.6 is 0 Å². The molecule has 0 saturated heterocycles. The van der Waals surface area contributed by atoms with E-state index in [9.17, 15) is 0 Å². The lowest BCUT2D eigenvalue weighted by atomic mass is 10.3. The van der Waals surface area contributed by atoms with Crippen molar-refractivity contribution in [1.82, 2.24) is 10.3 Å². The van der Waals surface area contributed by atoms with E-state index in [0.29, 0.717) is 18.5 Å². The number of nitrogens with two attached hydrogens (primary N) is 1. The molecule has 3 N–H and O–H groups in total. The summed E-state index contributed by atoms with van der Waals surface area (Å²) in [6.45, 7) is 0.597. The Morgan fingerprint density at radius 1 is 1.64 bits per heavy atom. The minimum atomic E-state index is 0.538. The van der Waals surface area contributed by atoms with Gasteiger partial charge in [-0.2, -0.15) is 0 Å². The zero-order chi connectivity index (χ0) is 9.80. The van der Waals surface area contributed by atoms with E-state index < -0.39 is 0 Å². The molecule has 2 rings (SSSR count). The summed E-state index contributed by atoms with van der Waals surface area (Å²) in [5.41, 5.74) is 6.76. The summed E-state index contributed by atoms with van der Waals surface area (Å²) in [7, 11) is 0. The first kappa shape index (κ1) is 8.99. The molecule has 74 valence electrons. The van der Waals surface area contributed by atoms with Crippen molar-refractivity contribution in [3.05, 3.63) is 30.1 Å². The zero-order valence-corrected chi connectivity index (χ0v) is 7.98. The van der Waals surface area contributed by atoms with Crippen LogP contribution in [0.25, 0.3) is 0 Å². The number of guanidine groups is 1. The summed E-state index contributed by atoms with van der Waals surface area (Å²) < 4.78 is 0. The van der Waals surface area contributed by atoms with Crippen LogP contribution in [0.5, 0.6) is 0 Å². The van der Waals surface area contributed by atoms with Crippen molar-refractivity contribution in [1.29, 1.82) is 0 Å². The average molecular weight is 190 g/mol. The molecule has 0 bridgehead atoms. The minimum Gasteiger partial charge on any atom is -0.370 e. The largest absolute Gasteiger partial charge is 0.370 e. The van der Waals surface area contributed by atoms with Gasteiger partial charge in [-0.1, -0.05) is 6.07 Å². The topological polar surface area (TPSA) is 63.3 Å². The molecule has 0 spiro atoms. The van der Waals surface area contributed by atoms with Crippen molar-refractivity contribution in [2.75, 3.05) is 0 Å². The molecular formula is C10H14N4. The van der Waals surface area contributed by atoms with E-state index >= 15 is 0 Å². The Labute approximate surface area is 83.3 Å². The van der Waals surface area contributed by atoms with Crippen LogP contribution in [0, 0.1) is 0 Å². The number of nitrogens with zero attached hydrogens (tertiary/aromatic N) is 2. The molecule has 1 aromatic rings. The van der Waals surface area contributed by atoms with Crippen molar-refractivity contribution in [2.24, 2.45) is 10.7 Å². The summed E-state index contributed by atoms with van der Waals surface area (Å²) in [5, 5.41) is 3.13. The minimum absolute atomic E-state index is 0.538. The first-order chi connectivity index (χ1) is 6.84. The Morgan fingerprint density at radius 2 is 2.50 bits per heavy atom. The molecule has 0 radical (unpaired) electrons. The number of pyridine rings is 1. The lowest BCUT2D eigenvalue weighted by molar-refractivity contribution is 0.878. The molecule has 4 heteroatoms. The maximum Gasteiger partial charge on any atom is 0.189 e. The fraction of sp³-hybridized carbons (Fsp3) is 0.400. The fourth-order valence-corrected chi connectivity index (χ4v) is 1.15. The molecule has 1 aliphatic rings. The molecule has 1 aliphatic carbocycles. The van der Waals surface area contributed by atoms with Gasteiger partial charge in [0.05, 0.1) is 6.54 Å². The average Bonchev–Trinajstić information content (AvgIpc) is 3.00. The molecule has 1 aromatic heterocycles. The summed E-state index contributed by atoms with van der Waals surface area (Å²) in [6, 6.07) is 4.45. The highest BCUT2D eigenvalue weighted by Crippen LogP contribution is 2.18. The maximum atomic E-state index is 5.68. The molecule has 0 aromatic carbocycles. The van der Waals surface area contributed by atoms with Crippen LogP contribution in [-0.4, -0.2) is 17.0 Å². The van der Waals surface area contributed by atoms with Gasteiger partial charge in [0.2, 0.25) is 0 Å². The SMILES string of the molecule is NC(=NCc1cccnc1)NC1CC1. The third-order valence-corrected chi connectivity index (χ3v) is 2.08. The van der Waals surface area contributed by atoms with Crippen molar-refractivity contribution in [2.45, 2.75) is 25.4 Å². The molecule has 0 amide bonds. The van der Waals surface area contributed by atoms with Gasteiger partial charge in [-0.3, -0.25) is 4.98 Å². The van der Waals surface area contributed by atoms with E-state index in [4.69, 9.17) is 5.73 Å². The summed E-state index contributed by atoms with van der Waals surface area (Å²) >= 11 is 0. The Balaban J connectivity index is 1.85. The van der Waals surface area contributed by atoms with Crippen LogP contribution in [0.4, 0.5) is 0 Å². The second-order valence-corrected chi connectivity index (χ2v) is 3.48. The van der Waals surface area contributed by atoms with Crippen molar-refractivity contribution in [3.8, 4) is 0 Å². The molecule has 1 saturated carbocycles. The van der Waals surface area contributed by atoms with Crippen LogP contribution < -0.4 is 11.1 Å². The van der Waals surface area contributed by atoms with E-state index in [2.05, 4.69) is 15.3 Å². The number of hydrogen-bond acceptors (Lipinski definition) is 2. The van der Waals surface area contributed by atoms with Gasteiger partial charge in [0.25, 0.3) is 0 Å². The van der Waals surface area contributed by atoms with E-state index in [1.54, 1.807) is 12.4 Å². The zero-order valence-electron chi connectivity index (χ0n) is 7.98. The van der Waals surface area contributed by atoms with Gasteiger partial charge in [-0.05, 0) is 24.5 Å². The third kappa shape index (κ3) is 2.73. The number of aliphatic imine (C=N–C) groups is 1. The van der Waals surface area contributed by atoms with Gasteiger partial charge in [-0.25, -0.2) is 4.99 Å². The summed E-state index contributed by atoms with van der Waals surface area (Å²) in [4.78, 5) is 8.22. The molecular weight excluding hydrogens is 176 g/mol. The highest BCUT2D eigenvalue weighted by atomic mass is 15.1. The summed E-state index contributed by atoms with van der Waals surface area (Å²) in [6.07, 6.45) is 5.97. The van der Waals surface area contributed by atoms with Gasteiger partial charge in [-0.15, -0.1) is 0 Å². The Hall–Kier alpha value is -1.58. The predicted molar refractivity (Wildman–Crippen MR) is 55.7 cm³/mol. The molecule has 0 aliphatic heterocycles. The van der Waals surface area contributed by atoms with Gasteiger partial charge in [0.15, 0.2) is 5.96 Å². The van der Waals surface area contributed by atoms with Crippen molar-refractivity contribution < 1.29 is 0 Å². The molecule has 14 heavy (non-hydrogen) atoms. The molecule has 4 nitrogen and oxygen atoms in total. The smallest absolute Gasteiger partial charge is 0.189 e. The van der Waals surface area contributed by atoms with Gasteiger partial charge < -0.3 is 11.1 Å². The molecule has 0 unspecified atom stereocenters. The second kappa shape index (κ2) is 4.09. The van der Waals surface area contributed by atoms with E-state index in [1.165, 1.54) is 12.8 Å². The van der Waals surface area contributed by atoms with Crippen molar-refractivity contribution in [3.63, 3.8) is 0 Å².